The summed E-state index contributed by atoms with van der Waals surface area (Å²) in [5.41, 5.74) is -1.07. The summed E-state index contributed by atoms with van der Waals surface area (Å²) in [5, 5.41) is 0. The molecular formula is C26H30F2N2O6. The zero-order valence-electron chi connectivity index (χ0n) is 20.0. The van der Waals surface area contributed by atoms with Gasteiger partial charge in [-0.05, 0) is 36.4 Å². The number of benzene rings is 2. The quantitative estimate of drug-likeness (QED) is 0.523. The minimum Gasteiger partial charge on any atom is -0.493 e. The van der Waals surface area contributed by atoms with Crippen molar-refractivity contribution in [3.05, 3.63) is 60.2 Å². The average Bonchev–Trinajstić information content (AvgIpc) is 2.89. The van der Waals surface area contributed by atoms with Crippen LogP contribution >= 0.6 is 0 Å². The molecule has 194 valence electrons. The second-order valence-corrected chi connectivity index (χ2v) is 8.82. The first-order valence-electron chi connectivity index (χ1n) is 12.0. The molecule has 2 aliphatic heterocycles. The van der Waals surface area contributed by atoms with Gasteiger partial charge in [-0.2, -0.15) is 0 Å². The van der Waals surface area contributed by atoms with E-state index in [9.17, 15) is 18.4 Å². The van der Waals surface area contributed by atoms with E-state index in [2.05, 4.69) is 0 Å². The van der Waals surface area contributed by atoms with Gasteiger partial charge in [0.2, 0.25) is 11.8 Å². The van der Waals surface area contributed by atoms with Crippen molar-refractivity contribution in [2.24, 2.45) is 0 Å². The summed E-state index contributed by atoms with van der Waals surface area (Å²) in [6.07, 6.45) is 0.112. The van der Waals surface area contributed by atoms with Crippen molar-refractivity contribution < 1.29 is 37.3 Å². The van der Waals surface area contributed by atoms with E-state index >= 15 is 0 Å². The van der Waals surface area contributed by atoms with E-state index in [1.54, 1.807) is 15.9 Å². The third kappa shape index (κ3) is 7.14. The number of nitrogens with zero attached hydrogens (tertiary/aromatic N) is 2. The van der Waals surface area contributed by atoms with Gasteiger partial charge in [-0.15, -0.1) is 0 Å². The zero-order chi connectivity index (χ0) is 25.4. The maximum Gasteiger partial charge on any atom is 0.226 e. The monoisotopic (exact) mass is 504 g/mol. The third-order valence-electron chi connectivity index (χ3n) is 6.13. The van der Waals surface area contributed by atoms with E-state index in [1.165, 1.54) is 42.5 Å². The van der Waals surface area contributed by atoms with Crippen LogP contribution in [-0.4, -0.2) is 86.4 Å². The van der Waals surface area contributed by atoms with E-state index in [-0.39, 0.29) is 56.8 Å². The Kier molecular flexibility index (Phi) is 8.71. The Hall–Kier alpha value is -3.24. The average molecular weight is 505 g/mol. The molecule has 0 bridgehead atoms. The Labute approximate surface area is 208 Å². The molecule has 4 rings (SSSR count). The first-order valence-corrected chi connectivity index (χ1v) is 12.0. The summed E-state index contributed by atoms with van der Waals surface area (Å²) in [7, 11) is 0. The smallest absolute Gasteiger partial charge is 0.226 e. The van der Waals surface area contributed by atoms with E-state index in [0.717, 1.165) is 0 Å². The van der Waals surface area contributed by atoms with Crippen molar-refractivity contribution in [2.45, 2.75) is 18.4 Å². The predicted molar refractivity (Wildman–Crippen MR) is 126 cm³/mol. The highest BCUT2D eigenvalue weighted by atomic mass is 19.1. The third-order valence-corrected chi connectivity index (χ3v) is 6.13. The number of hydrogen-bond donors (Lipinski definition) is 0. The van der Waals surface area contributed by atoms with E-state index < -0.39 is 11.4 Å². The fraction of sp³-hybridized carbons (Fsp3) is 0.462. The lowest BCUT2D eigenvalue weighted by atomic mass is 9.96. The van der Waals surface area contributed by atoms with Crippen LogP contribution in [0.1, 0.15) is 12.8 Å². The highest BCUT2D eigenvalue weighted by Gasteiger charge is 2.42. The predicted octanol–water partition coefficient (Wildman–Crippen LogP) is 2.66. The van der Waals surface area contributed by atoms with Gasteiger partial charge in [-0.25, -0.2) is 8.78 Å². The van der Waals surface area contributed by atoms with Crippen LogP contribution in [0.4, 0.5) is 8.78 Å². The topological polar surface area (TPSA) is 77.5 Å². The van der Waals surface area contributed by atoms with Crippen molar-refractivity contribution in [1.82, 2.24) is 9.80 Å². The van der Waals surface area contributed by atoms with Crippen LogP contribution in [-0.2, 0) is 19.1 Å². The number of halogens is 2. The van der Waals surface area contributed by atoms with Gasteiger partial charge >= 0.3 is 0 Å². The number of morpholine rings is 2. The maximum atomic E-state index is 13.3. The van der Waals surface area contributed by atoms with Gasteiger partial charge in [0.15, 0.2) is 0 Å². The van der Waals surface area contributed by atoms with Crippen LogP contribution in [0.5, 0.6) is 11.5 Å². The maximum absolute atomic E-state index is 13.3. The zero-order valence-corrected chi connectivity index (χ0v) is 20.0. The van der Waals surface area contributed by atoms with Crippen LogP contribution in [0.25, 0.3) is 0 Å². The summed E-state index contributed by atoms with van der Waals surface area (Å²) in [6, 6.07) is 11.3. The molecule has 2 aliphatic rings. The van der Waals surface area contributed by atoms with Crippen LogP contribution in [0.3, 0.4) is 0 Å². The van der Waals surface area contributed by atoms with E-state index in [1.807, 2.05) is 0 Å². The van der Waals surface area contributed by atoms with Crippen LogP contribution < -0.4 is 9.47 Å². The highest BCUT2D eigenvalue weighted by molar-refractivity contribution is 5.79. The summed E-state index contributed by atoms with van der Waals surface area (Å²) in [4.78, 5) is 29.4. The number of hydrogen-bond acceptors (Lipinski definition) is 6. The van der Waals surface area contributed by atoms with Gasteiger partial charge in [-0.1, -0.05) is 6.07 Å². The molecule has 0 aliphatic carbocycles. The molecule has 0 aromatic heterocycles. The lowest BCUT2D eigenvalue weighted by Gasteiger charge is -2.43. The Morgan fingerprint density at radius 1 is 0.861 bits per heavy atom. The summed E-state index contributed by atoms with van der Waals surface area (Å²) in [6.45, 7) is 2.79. The Bertz CT molecular complexity index is 1030. The Morgan fingerprint density at radius 2 is 1.61 bits per heavy atom. The molecular weight excluding hydrogens is 474 g/mol. The van der Waals surface area contributed by atoms with Gasteiger partial charge < -0.3 is 28.7 Å². The molecule has 2 saturated heterocycles. The Balaban J connectivity index is 1.40. The molecule has 2 amide bonds. The number of carbonyl (C=O) groups excluding carboxylic acids is 2. The molecule has 0 spiro atoms. The number of carbonyl (C=O) groups is 2. The van der Waals surface area contributed by atoms with Gasteiger partial charge in [0.05, 0.1) is 45.8 Å². The largest absolute Gasteiger partial charge is 0.493 e. The molecule has 36 heavy (non-hydrogen) atoms. The highest BCUT2D eigenvalue weighted by Crippen LogP contribution is 2.26. The molecule has 0 N–H and O–H groups in total. The molecule has 0 radical (unpaired) electrons. The van der Waals surface area contributed by atoms with Crippen molar-refractivity contribution in [2.75, 3.05) is 59.2 Å². The summed E-state index contributed by atoms with van der Waals surface area (Å²) in [5.74, 6) is -0.286. The van der Waals surface area contributed by atoms with Crippen molar-refractivity contribution in [3.63, 3.8) is 0 Å². The number of rotatable bonds is 9. The standard InChI is InChI=1S/C26H30F2N2O6/c27-20-4-6-22(7-5-20)35-19-26(17-25(32)29-9-13-33-14-10-29)18-30(11-15-36-26)24(31)8-12-34-23-3-1-2-21(28)16-23/h1-7,16H,8-15,17-19H2/t26-/m1/s1. The molecule has 0 saturated carbocycles. The van der Waals surface area contributed by atoms with Gasteiger partial charge in [0.1, 0.15) is 35.3 Å². The van der Waals surface area contributed by atoms with E-state index in [0.29, 0.717) is 44.3 Å². The number of ether oxygens (including phenoxy) is 4. The normalized spacial score (nSPS) is 20.2. The minimum absolute atomic E-state index is 0.0122. The minimum atomic E-state index is -1.07. The van der Waals surface area contributed by atoms with Crippen LogP contribution in [0.15, 0.2) is 48.5 Å². The fourth-order valence-electron chi connectivity index (χ4n) is 4.22. The molecule has 2 fully saturated rings. The molecule has 1 atom stereocenters. The first kappa shape index (κ1) is 25.8. The van der Waals surface area contributed by atoms with E-state index in [4.69, 9.17) is 18.9 Å². The molecule has 10 heteroatoms. The van der Waals surface area contributed by atoms with Crippen molar-refractivity contribution in [1.29, 1.82) is 0 Å². The second kappa shape index (κ2) is 12.1. The van der Waals surface area contributed by atoms with Crippen molar-refractivity contribution >= 4 is 11.8 Å². The summed E-state index contributed by atoms with van der Waals surface area (Å²) < 4.78 is 49.5. The fourth-order valence-corrected chi connectivity index (χ4v) is 4.22. The summed E-state index contributed by atoms with van der Waals surface area (Å²) >= 11 is 0. The second-order valence-electron chi connectivity index (χ2n) is 8.82. The van der Waals surface area contributed by atoms with Gasteiger partial charge in [-0.3, -0.25) is 9.59 Å². The molecule has 0 unspecified atom stereocenters. The van der Waals surface area contributed by atoms with Crippen molar-refractivity contribution in [3.8, 4) is 11.5 Å². The molecule has 2 aromatic rings. The lowest BCUT2D eigenvalue weighted by molar-refractivity contribution is -0.167. The van der Waals surface area contributed by atoms with Gasteiger partial charge in [0.25, 0.3) is 0 Å². The van der Waals surface area contributed by atoms with Crippen LogP contribution in [0.2, 0.25) is 0 Å². The molecule has 2 heterocycles. The Morgan fingerprint density at radius 3 is 2.36 bits per heavy atom. The lowest BCUT2D eigenvalue weighted by Crippen LogP contribution is -2.59. The molecule has 2 aromatic carbocycles. The van der Waals surface area contributed by atoms with Crippen LogP contribution in [0, 0.1) is 11.6 Å². The first-order chi connectivity index (χ1) is 17.4. The molecule has 8 nitrogen and oxygen atoms in total. The number of amides is 2. The van der Waals surface area contributed by atoms with Gasteiger partial charge in [0, 0.05) is 25.7 Å². The SMILES string of the molecule is O=C(C[C@]1(COc2ccc(F)cc2)CN(C(=O)CCOc2cccc(F)c2)CCO1)N1CCOCC1.